The molecule has 3 fully saturated rings. The van der Waals surface area contributed by atoms with Crippen molar-refractivity contribution >= 4 is 5.91 Å². The summed E-state index contributed by atoms with van der Waals surface area (Å²) < 4.78 is 11.2. The number of ether oxygens (including phenoxy) is 2. The van der Waals surface area contributed by atoms with Gasteiger partial charge in [-0.3, -0.25) is 9.69 Å². The van der Waals surface area contributed by atoms with Gasteiger partial charge in [0.05, 0.1) is 31.8 Å². The van der Waals surface area contributed by atoms with Crippen molar-refractivity contribution in [1.82, 2.24) is 9.80 Å². The number of hydrogen-bond donors (Lipinski definition) is 0. The highest BCUT2D eigenvalue weighted by Gasteiger charge is 2.42. The summed E-state index contributed by atoms with van der Waals surface area (Å²) in [5, 5.41) is 0. The van der Waals surface area contributed by atoms with Gasteiger partial charge in [-0.25, -0.2) is 0 Å². The zero-order valence-electron chi connectivity index (χ0n) is 13.8. The smallest absolute Gasteiger partial charge is 0.225 e. The zero-order valence-corrected chi connectivity index (χ0v) is 13.8. The normalized spacial score (nSPS) is 30.0. The minimum atomic E-state index is 0.214. The summed E-state index contributed by atoms with van der Waals surface area (Å²) in [5.74, 6) is 1.08. The van der Waals surface area contributed by atoms with E-state index in [1.165, 1.54) is 32.2 Å². The van der Waals surface area contributed by atoms with Gasteiger partial charge in [0, 0.05) is 32.8 Å². The predicted octanol–water partition coefficient (Wildman–Crippen LogP) is 1.51. The van der Waals surface area contributed by atoms with Crippen LogP contribution in [-0.2, 0) is 14.3 Å². The monoisotopic (exact) mass is 310 g/mol. The number of rotatable bonds is 6. The first-order chi connectivity index (χ1) is 10.8. The molecule has 5 heteroatoms. The molecule has 3 aliphatic rings. The lowest BCUT2D eigenvalue weighted by Gasteiger charge is -2.38. The summed E-state index contributed by atoms with van der Waals surface area (Å²) in [4.78, 5) is 16.9. The Kier molecular flexibility index (Phi) is 5.71. The van der Waals surface area contributed by atoms with Crippen LogP contribution in [0.3, 0.4) is 0 Å². The van der Waals surface area contributed by atoms with Gasteiger partial charge in [0.15, 0.2) is 0 Å². The molecular weight excluding hydrogens is 280 g/mol. The van der Waals surface area contributed by atoms with E-state index in [1.54, 1.807) is 0 Å². The minimum absolute atomic E-state index is 0.214. The number of amides is 1. The molecule has 2 aliphatic heterocycles. The van der Waals surface area contributed by atoms with E-state index in [-0.39, 0.29) is 12.0 Å². The van der Waals surface area contributed by atoms with Gasteiger partial charge in [-0.1, -0.05) is 12.8 Å². The molecule has 0 aromatic rings. The maximum absolute atomic E-state index is 12.3. The molecule has 2 heterocycles. The van der Waals surface area contributed by atoms with Crippen LogP contribution in [0.1, 0.15) is 39.0 Å². The van der Waals surface area contributed by atoms with Gasteiger partial charge in [-0.05, 0) is 25.7 Å². The second-order valence-corrected chi connectivity index (χ2v) is 6.87. The average molecular weight is 310 g/mol. The van der Waals surface area contributed by atoms with Crippen molar-refractivity contribution in [2.75, 3.05) is 46.0 Å². The Labute approximate surface area is 133 Å². The molecule has 0 spiro atoms. The molecule has 2 atom stereocenters. The van der Waals surface area contributed by atoms with Crippen LogP contribution in [0.2, 0.25) is 0 Å². The Hall–Kier alpha value is -0.650. The summed E-state index contributed by atoms with van der Waals surface area (Å²) in [6.07, 6.45) is 6.26. The highest BCUT2D eigenvalue weighted by molar-refractivity contribution is 5.76. The Morgan fingerprint density at radius 3 is 2.86 bits per heavy atom. The Balaban J connectivity index is 1.51. The van der Waals surface area contributed by atoms with Crippen LogP contribution in [0.5, 0.6) is 0 Å². The van der Waals surface area contributed by atoms with Crippen molar-refractivity contribution in [2.45, 2.75) is 51.2 Å². The van der Waals surface area contributed by atoms with E-state index in [1.807, 2.05) is 11.8 Å². The third-order valence-corrected chi connectivity index (χ3v) is 5.40. The third-order valence-electron chi connectivity index (χ3n) is 5.40. The first kappa shape index (κ1) is 16.2. The molecule has 0 bridgehead atoms. The molecule has 3 rings (SSSR count). The first-order valence-corrected chi connectivity index (χ1v) is 8.99. The number of fused-ring (bicyclic) bond motifs is 1. The van der Waals surface area contributed by atoms with Gasteiger partial charge in [-0.2, -0.15) is 0 Å². The minimum Gasteiger partial charge on any atom is -0.381 e. The fourth-order valence-corrected chi connectivity index (χ4v) is 4.18. The van der Waals surface area contributed by atoms with E-state index in [9.17, 15) is 4.79 Å². The third kappa shape index (κ3) is 3.81. The topological polar surface area (TPSA) is 42.0 Å². The molecule has 0 unspecified atom stereocenters. The summed E-state index contributed by atoms with van der Waals surface area (Å²) in [6, 6.07) is 0.408. The van der Waals surface area contributed by atoms with Crippen LogP contribution in [0, 0.1) is 5.92 Å². The molecule has 5 nitrogen and oxygen atoms in total. The van der Waals surface area contributed by atoms with Crippen molar-refractivity contribution in [2.24, 2.45) is 5.92 Å². The van der Waals surface area contributed by atoms with Crippen LogP contribution >= 0.6 is 0 Å². The highest BCUT2D eigenvalue weighted by Crippen LogP contribution is 2.29. The SMILES string of the molecule is CCOCCC(=O)N1C[C@@H]2OCCN(CC3CCCC3)[C@H]2C1. The van der Waals surface area contributed by atoms with Crippen molar-refractivity contribution in [3.8, 4) is 0 Å². The molecule has 1 amide bonds. The van der Waals surface area contributed by atoms with E-state index in [2.05, 4.69) is 4.90 Å². The zero-order chi connectivity index (χ0) is 15.4. The summed E-state index contributed by atoms with van der Waals surface area (Å²) in [7, 11) is 0. The van der Waals surface area contributed by atoms with E-state index in [4.69, 9.17) is 9.47 Å². The molecule has 22 heavy (non-hydrogen) atoms. The van der Waals surface area contributed by atoms with Gasteiger partial charge in [0.2, 0.25) is 5.91 Å². The van der Waals surface area contributed by atoms with Gasteiger partial charge >= 0.3 is 0 Å². The maximum atomic E-state index is 12.3. The first-order valence-electron chi connectivity index (χ1n) is 8.99. The Bertz CT molecular complexity index is 371. The van der Waals surface area contributed by atoms with E-state index < -0.39 is 0 Å². The number of morpholine rings is 1. The number of likely N-dealkylation sites (tertiary alicyclic amines) is 1. The van der Waals surface area contributed by atoms with Crippen molar-refractivity contribution in [1.29, 1.82) is 0 Å². The number of carbonyl (C=O) groups is 1. The van der Waals surface area contributed by atoms with Crippen LogP contribution in [-0.4, -0.2) is 73.9 Å². The fourth-order valence-electron chi connectivity index (χ4n) is 4.18. The second kappa shape index (κ2) is 7.75. The van der Waals surface area contributed by atoms with E-state index in [0.29, 0.717) is 25.7 Å². The molecular formula is C17H30N2O3. The number of nitrogens with zero attached hydrogens (tertiary/aromatic N) is 2. The molecule has 2 saturated heterocycles. The van der Waals surface area contributed by atoms with Gasteiger partial charge in [0.25, 0.3) is 0 Å². The average Bonchev–Trinajstić information content (AvgIpc) is 3.17. The molecule has 0 N–H and O–H groups in total. The van der Waals surface area contributed by atoms with Gasteiger partial charge in [0.1, 0.15) is 0 Å². The lowest BCUT2D eigenvalue weighted by atomic mass is 10.0. The van der Waals surface area contributed by atoms with Crippen molar-refractivity contribution < 1.29 is 14.3 Å². The largest absolute Gasteiger partial charge is 0.381 e. The van der Waals surface area contributed by atoms with E-state index >= 15 is 0 Å². The van der Waals surface area contributed by atoms with Crippen LogP contribution in [0.25, 0.3) is 0 Å². The van der Waals surface area contributed by atoms with Crippen LogP contribution < -0.4 is 0 Å². The van der Waals surface area contributed by atoms with Crippen molar-refractivity contribution in [3.63, 3.8) is 0 Å². The summed E-state index contributed by atoms with van der Waals surface area (Å²) in [6.45, 7) is 7.81. The van der Waals surface area contributed by atoms with E-state index in [0.717, 1.165) is 32.2 Å². The molecule has 126 valence electrons. The van der Waals surface area contributed by atoms with Gasteiger partial charge < -0.3 is 14.4 Å². The standard InChI is InChI=1S/C17H30N2O3/c1-2-21-9-7-17(20)19-12-15-16(13-19)22-10-8-18(15)11-14-5-3-4-6-14/h14-16H,2-13H2,1H3/t15-,16-/m0/s1. The second-order valence-electron chi connectivity index (χ2n) is 6.87. The highest BCUT2D eigenvalue weighted by atomic mass is 16.5. The lowest BCUT2D eigenvalue weighted by Crippen LogP contribution is -2.52. The molecule has 1 aliphatic carbocycles. The maximum Gasteiger partial charge on any atom is 0.225 e. The molecule has 0 aromatic heterocycles. The number of carbonyl (C=O) groups excluding carboxylic acids is 1. The van der Waals surface area contributed by atoms with Gasteiger partial charge in [-0.15, -0.1) is 0 Å². The Morgan fingerprint density at radius 1 is 1.27 bits per heavy atom. The molecule has 0 aromatic carbocycles. The lowest BCUT2D eigenvalue weighted by molar-refractivity contribution is -0.131. The Morgan fingerprint density at radius 2 is 2.09 bits per heavy atom. The fraction of sp³-hybridized carbons (Fsp3) is 0.941. The van der Waals surface area contributed by atoms with Crippen molar-refractivity contribution in [3.05, 3.63) is 0 Å². The van der Waals surface area contributed by atoms with Crippen LogP contribution in [0.4, 0.5) is 0 Å². The molecule has 0 radical (unpaired) electrons. The predicted molar refractivity (Wildman–Crippen MR) is 84.7 cm³/mol. The number of hydrogen-bond acceptors (Lipinski definition) is 4. The molecule has 1 saturated carbocycles. The summed E-state index contributed by atoms with van der Waals surface area (Å²) >= 11 is 0. The van der Waals surface area contributed by atoms with Crippen LogP contribution in [0.15, 0.2) is 0 Å². The quantitative estimate of drug-likeness (QED) is 0.698. The summed E-state index contributed by atoms with van der Waals surface area (Å²) in [5.41, 5.74) is 0.